The Kier molecular flexibility index (Phi) is 5.24. The first kappa shape index (κ1) is 22.5. The highest BCUT2D eigenvalue weighted by atomic mass is 19.4. The number of carbonyl (C=O) groups is 1. The SMILES string of the molecule is C[C@@H](C(=O)Nc1nnc(N2CCC(F)C2C(F)(F)F)o1)n1ncc2c1c(=O)n(C)c(=O)n2C. The maximum absolute atomic E-state index is 13.8. The Morgan fingerprint density at radius 2 is 1.94 bits per heavy atom. The number of hydrogen-bond acceptors (Lipinski definition) is 8. The second-order valence-electron chi connectivity index (χ2n) is 7.57. The number of rotatable bonds is 4. The summed E-state index contributed by atoms with van der Waals surface area (Å²) in [6, 6.07) is -4.64. The van der Waals surface area contributed by atoms with Crippen LogP contribution in [0.4, 0.5) is 29.6 Å². The molecule has 1 fully saturated rings. The molecule has 4 heterocycles. The fraction of sp³-hybridized carbons (Fsp3) is 0.529. The van der Waals surface area contributed by atoms with Crippen molar-refractivity contribution in [3.05, 3.63) is 27.0 Å². The van der Waals surface area contributed by atoms with E-state index in [1.807, 2.05) is 0 Å². The lowest BCUT2D eigenvalue weighted by atomic mass is 10.2. The molecule has 2 unspecified atom stereocenters. The molecular formula is C17H18F4N8O4. The van der Waals surface area contributed by atoms with Gasteiger partial charge in [0.25, 0.3) is 11.5 Å². The van der Waals surface area contributed by atoms with Crippen LogP contribution in [0.1, 0.15) is 19.4 Å². The van der Waals surface area contributed by atoms with Crippen LogP contribution in [-0.2, 0) is 18.9 Å². The molecule has 33 heavy (non-hydrogen) atoms. The van der Waals surface area contributed by atoms with Gasteiger partial charge in [0.2, 0.25) is 0 Å². The summed E-state index contributed by atoms with van der Waals surface area (Å²) in [5.74, 6) is -0.775. The van der Waals surface area contributed by atoms with Crippen molar-refractivity contribution in [2.24, 2.45) is 14.1 Å². The van der Waals surface area contributed by atoms with Gasteiger partial charge >= 0.3 is 23.9 Å². The highest BCUT2D eigenvalue weighted by Crippen LogP contribution is 2.37. The highest BCUT2D eigenvalue weighted by molar-refractivity contribution is 5.92. The van der Waals surface area contributed by atoms with Crippen molar-refractivity contribution in [2.45, 2.75) is 37.8 Å². The van der Waals surface area contributed by atoms with E-state index in [1.165, 1.54) is 31.8 Å². The van der Waals surface area contributed by atoms with Gasteiger partial charge in [0, 0.05) is 20.6 Å². The quantitative estimate of drug-likeness (QED) is 0.541. The maximum atomic E-state index is 13.8. The van der Waals surface area contributed by atoms with Gasteiger partial charge in [0.05, 0.1) is 11.7 Å². The molecule has 3 atom stereocenters. The average molecular weight is 474 g/mol. The molecule has 0 saturated carbocycles. The van der Waals surface area contributed by atoms with E-state index in [4.69, 9.17) is 4.42 Å². The molecule has 12 nitrogen and oxygen atoms in total. The number of alkyl halides is 4. The molecule has 1 saturated heterocycles. The summed E-state index contributed by atoms with van der Waals surface area (Å²) in [4.78, 5) is 37.9. The van der Waals surface area contributed by atoms with Crippen LogP contribution in [0.15, 0.2) is 20.2 Å². The number of hydrogen-bond donors (Lipinski definition) is 1. The zero-order valence-electron chi connectivity index (χ0n) is 17.5. The molecule has 3 aromatic rings. The fourth-order valence-corrected chi connectivity index (χ4v) is 3.73. The van der Waals surface area contributed by atoms with Crippen molar-refractivity contribution in [2.75, 3.05) is 16.8 Å². The van der Waals surface area contributed by atoms with Crippen LogP contribution in [0, 0.1) is 0 Å². The number of aryl methyl sites for hydroxylation is 1. The van der Waals surface area contributed by atoms with Crippen LogP contribution in [0.25, 0.3) is 11.0 Å². The standard InChI is InChI=1S/C17H18F4N8O4/c1-7(29-10-9(6-22-29)26(2)16(32)27(3)13(10)31)12(30)23-14-24-25-15(33-14)28-5-4-8(18)11(28)17(19,20)21/h6-8,11H,4-5H2,1-3H3,(H,23,24,30)/t7-,8?,11?/m0/s1. The van der Waals surface area contributed by atoms with Gasteiger partial charge in [-0.2, -0.15) is 18.3 Å². The third-order valence-corrected chi connectivity index (χ3v) is 5.51. The molecule has 1 aliphatic rings. The van der Waals surface area contributed by atoms with E-state index in [-0.39, 0.29) is 24.0 Å². The Labute approximate surface area is 181 Å². The topological polar surface area (TPSA) is 133 Å². The monoisotopic (exact) mass is 474 g/mol. The molecule has 0 spiro atoms. The van der Waals surface area contributed by atoms with Gasteiger partial charge in [-0.05, 0) is 13.3 Å². The lowest BCUT2D eigenvalue weighted by Gasteiger charge is -2.25. The van der Waals surface area contributed by atoms with Gasteiger partial charge in [-0.15, -0.1) is 0 Å². The molecule has 0 radical (unpaired) electrons. The summed E-state index contributed by atoms with van der Waals surface area (Å²) in [5, 5.41) is 13.2. The number of carbonyl (C=O) groups excluding carboxylic acids is 1. The van der Waals surface area contributed by atoms with Gasteiger partial charge < -0.3 is 9.32 Å². The summed E-state index contributed by atoms with van der Waals surface area (Å²) in [5.41, 5.74) is -1.04. The summed E-state index contributed by atoms with van der Waals surface area (Å²) in [6.45, 7) is 1.11. The predicted molar refractivity (Wildman–Crippen MR) is 105 cm³/mol. The Bertz CT molecular complexity index is 1340. The molecule has 16 heteroatoms. The van der Waals surface area contributed by atoms with Gasteiger partial charge in [-0.1, -0.05) is 10.2 Å². The molecule has 0 aromatic carbocycles. The third kappa shape index (κ3) is 3.64. The number of nitrogens with one attached hydrogen (secondary N) is 1. The Hall–Kier alpha value is -3.72. The first-order chi connectivity index (χ1) is 15.4. The minimum Gasteiger partial charge on any atom is -0.389 e. The van der Waals surface area contributed by atoms with Crippen LogP contribution >= 0.6 is 0 Å². The number of aromatic nitrogens is 6. The van der Waals surface area contributed by atoms with Gasteiger partial charge in [-0.3, -0.25) is 24.0 Å². The van der Waals surface area contributed by atoms with Crippen molar-refractivity contribution < 1.29 is 26.8 Å². The van der Waals surface area contributed by atoms with Crippen LogP contribution in [-0.4, -0.2) is 60.0 Å². The van der Waals surface area contributed by atoms with E-state index < -0.39 is 53.6 Å². The maximum Gasteiger partial charge on any atom is 0.411 e. The molecule has 178 valence electrons. The predicted octanol–water partition coefficient (Wildman–Crippen LogP) is 0.495. The third-order valence-electron chi connectivity index (χ3n) is 5.51. The molecule has 3 aromatic heterocycles. The molecular weight excluding hydrogens is 456 g/mol. The summed E-state index contributed by atoms with van der Waals surface area (Å²) < 4.78 is 61.5. The van der Waals surface area contributed by atoms with Crippen molar-refractivity contribution in [1.29, 1.82) is 0 Å². The lowest BCUT2D eigenvalue weighted by molar-refractivity contribution is -0.156. The zero-order chi connectivity index (χ0) is 24.2. The number of nitrogens with zero attached hydrogens (tertiary/aromatic N) is 7. The summed E-state index contributed by atoms with van der Waals surface area (Å²) in [7, 11) is 2.72. The number of anilines is 2. The molecule has 1 amide bonds. The summed E-state index contributed by atoms with van der Waals surface area (Å²) in [6.07, 6.45) is -6.11. The van der Waals surface area contributed by atoms with Gasteiger partial charge in [0.1, 0.15) is 12.2 Å². The first-order valence-electron chi connectivity index (χ1n) is 9.66. The molecule has 1 N–H and O–H groups in total. The van der Waals surface area contributed by atoms with E-state index >= 15 is 0 Å². The second-order valence-corrected chi connectivity index (χ2v) is 7.57. The van der Waals surface area contributed by atoms with Crippen molar-refractivity contribution >= 4 is 29.0 Å². The van der Waals surface area contributed by atoms with Crippen LogP contribution < -0.4 is 21.5 Å². The van der Waals surface area contributed by atoms with Gasteiger partial charge in [0.15, 0.2) is 11.6 Å². The molecule has 0 bridgehead atoms. The Morgan fingerprint density at radius 3 is 2.61 bits per heavy atom. The van der Waals surface area contributed by atoms with Crippen molar-refractivity contribution in [3.8, 4) is 0 Å². The smallest absolute Gasteiger partial charge is 0.389 e. The molecule has 4 rings (SSSR count). The van der Waals surface area contributed by atoms with E-state index in [9.17, 15) is 31.9 Å². The number of amides is 1. The van der Waals surface area contributed by atoms with Crippen LogP contribution in [0.5, 0.6) is 0 Å². The lowest BCUT2D eigenvalue weighted by Crippen LogP contribution is -2.45. The normalized spacial score (nSPS) is 19.9. The molecule has 1 aliphatic heterocycles. The van der Waals surface area contributed by atoms with E-state index in [1.54, 1.807) is 0 Å². The van der Waals surface area contributed by atoms with Gasteiger partial charge in [-0.25, -0.2) is 13.9 Å². The van der Waals surface area contributed by atoms with Crippen molar-refractivity contribution in [1.82, 2.24) is 29.1 Å². The Morgan fingerprint density at radius 1 is 1.24 bits per heavy atom. The van der Waals surface area contributed by atoms with E-state index in [0.29, 0.717) is 4.90 Å². The first-order valence-corrected chi connectivity index (χ1v) is 9.66. The Balaban J connectivity index is 1.58. The fourth-order valence-electron chi connectivity index (χ4n) is 3.73. The average Bonchev–Trinajstić information content (AvgIpc) is 3.47. The van der Waals surface area contributed by atoms with Crippen LogP contribution in [0.2, 0.25) is 0 Å². The molecule has 0 aliphatic carbocycles. The van der Waals surface area contributed by atoms with E-state index in [0.717, 1.165) is 9.25 Å². The second kappa shape index (κ2) is 7.70. The number of fused-ring (bicyclic) bond motifs is 1. The zero-order valence-corrected chi connectivity index (χ0v) is 17.5. The van der Waals surface area contributed by atoms with Crippen molar-refractivity contribution in [3.63, 3.8) is 0 Å². The van der Waals surface area contributed by atoms with Crippen LogP contribution in [0.3, 0.4) is 0 Å². The minimum absolute atomic E-state index is 0.00691. The highest BCUT2D eigenvalue weighted by Gasteiger charge is 2.53. The minimum atomic E-state index is -4.85. The van der Waals surface area contributed by atoms with E-state index in [2.05, 4.69) is 20.6 Å². The number of halogens is 4. The summed E-state index contributed by atoms with van der Waals surface area (Å²) >= 11 is 0. The largest absolute Gasteiger partial charge is 0.411 e.